The minimum Gasteiger partial charge on any atom is -0.389 e. The Bertz CT molecular complexity index is 282. The lowest BCUT2D eigenvalue weighted by atomic mass is 9.71. The highest BCUT2D eigenvalue weighted by atomic mass is 16.3. The van der Waals surface area contributed by atoms with Gasteiger partial charge in [0.05, 0.1) is 6.10 Å². The number of allylic oxidation sites excluding steroid dienone is 4. The molecule has 0 aromatic carbocycles. The molecule has 0 saturated carbocycles. The molecule has 1 rings (SSSR count). The predicted octanol–water partition coefficient (Wildman–Crippen LogP) is 3.23. The summed E-state index contributed by atoms with van der Waals surface area (Å²) < 4.78 is 0. The highest BCUT2D eigenvalue weighted by molar-refractivity contribution is 5.35. The van der Waals surface area contributed by atoms with Crippen LogP contribution in [0.2, 0.25) is 0 Å². The molecule has 78 valence electrons. The van der Waals surface area contributed by atoms with E-state index in [0.29, 0.717) is 0 Å². The van der Waals surface area contributed by atoms with Gasteiger partial charge in [-0.15, -0.1) is 0 Å². The van der Waals surface area contributed by atoms with E-state index in [0.717, 1.165) is 18.4 Å². The monoisotopic (exact) mass is 192 g/mol. The van der Waals surface area contributed by atoms with Crippen LogP contribution in [0.1, 0.15) is 33.6 Å². The van der Waals surface area contributed by atoms with E-state index in [9.17, 15) is 5.11 Å². The second-order valence-corrected chi connectivity index (χ2v) is 4.63. The van der Waals surface area contributed by atoms with Crippen LogP contribution in [0.3, 0.4) is 0 Å². The Hall–Kier alpha value is -0.820. The van der Waals surface area contributed by atoms with Gasteiger partial charge in [-0.1, -0.05) is 38.7 Å². The summed E-state index contributed by atoms with van der Waals surface area (Å²) in [7, 11) is 0. The molecule has 1 atom stereocenters. The molecule has 0 amide bonds. The molecule has 0 aromatic heterocycles. The lowest BCUT2D eigenvalue weighted by Gasteiger charge is -2.35. The van der Waals surface area contributed by atoms with Crippen molar-refractivity contribution in [1.82, 2.24) is 0 Å². The van der Waals surface area contributed by atoms with Crippen molar-refractivity contribution in [3.63, 3.8) is 0 Å². The van der Waals surface area contributed by atoms with Gasteiger partial charge in [-0.3, -0.25) is 0 Å². The molecule has 0 aliphatic heterocycles. The number of hydrogen-bond donors (Lipinski definition) is 1. The average Bonchev–Trinajstić information content (AvgIpc) is 2.12. The van der Waals surface area contributed by atoms with Gasteiger partial charge in [0.15, 0.2) is 0 Å². The van der Waals surface area contributed by atoms with E-state index in [1.807, 2.05) is 13.0 Å². The van der Waals surface area contributed by atoms with Crippen LogP contribution in [0, 0.1) is 5.41 Å². The summed E-state index contributed by atoms with van der Waals surface area (Å²) >= 11 is 0. The second-order valence-electron chi connectivity index (χ2n) is 4.63. The Kier molecular flexibility index (Phi) is 3.33. The maximum atomic E-state index is 9.76. The molecule has 0 aromatic rings. The quantitative estimate of drug-likeness (QED) is 0.666. The Labute approximate surface area is 86.8 Å². The van der Waals surface area contributed by atoms with Crippen LogP contribution >= 0.6 is 0 Å². The number of hydrogen-bond acceptors (Lipinski definition) is 1. The Morgan fingerprint density at radius 1 is 1.50 bits per heavy atom. The Balaban J connectivity index is 3.08. The predicted molar refractivity (Wildman–Crippen MR) is 61.1 cm³/mol. The summed E-state index contributed by atoms with van der Waals surface area (Å²) in [4.78, 5) is 0. The van der Waals surface area contributed by atoms with Gasteiger partial charge in [0, 0.05) is 0 Å². The van der Waals surface area contributed by atoms with E-state index in [2.05, 4.69) is 26.5 Å². The fourth-order valence-electron chi connectivity index (χ4n) is 2.08. The summed E-state index contributed by atoms with van der Waals surface area (Å²) in [6.45, 7) is 10.1. The normalized spacial score (nSPS) is 27.0. The highest BCUT2D eigenvalue weighted by Crippen LogP contribution is 2.40. The average molecular weight is 192 g/mol. The fourth-order valence-corrected chi connectivity index (χ4v) is 2.08. The summed E-state index contributed by atoms with van der Waals surface area (Å²) in [6.07, 6.45) is 7.46. The first-order valence-corrected chi connectivity index (χ1v) is 5.17. The van der Waals surface area contributed by atoms with Gasteiger partial charge >= 0.3 is 0 Å². The third kappa shape index (κ3) is 2.16. The molecule has 0 saturated heterocycles. The molecule has 1 N–H and O–H groups in total. The minimum absolute atomic E-state index is 0.183. The molecular formula is C13H20O. The molecule has 0 fully saturated rings. The van der Waals surface area contributed by atoms with Crippen molar-refractivity contribution in [2.45, 2.75) is 39.7 Å². The molecular weight excluding hydrogens is 172 g/mol. The molecule has 0 bridgehead atoms. The van der Waals surface area contributed by atoms with Crippen molar-refractivity contribution in [2.75, 3.05) is 0 Å². The fraction of sp³-hybridized carbons (Fsp3) is 0.538. The van der Waals surface area contributed by atoms with E-state index in [4.69, 9.17) is 0 Å². The van der Waals surface area contributed by atoms with Crippen LogP contribution in [0.25, 0.3) is 0 Å². The maximum Gasteiger partial charge on any atom is 0.0753 e. The Morgan fingerprint density at radius 2 is 2.14 bits per heavy atom. The Morgan fingerprint density at radius 3 is 2.71 bits per heavy atom. The standard InChI is InChI=1S/C13H20O/c1-5-6-7-11-10(2)12(14)8-9-13(11,3)4/h5-7,12,14H,1,8-9H2,2-4H3/b7-6+. The summed E-state index contributed by atoms with van der Waals surface area (Å²) in [5.74, 6) is 0. The summed E-state index contributed by atoms with van der Waals surface area (Å²) in [6, 6.07) is 0. The highest BCUT2D eigenvalue weighted by Gasteiger charge is 2.30. The molecule has 1 aliphatic carbocycles. The zero-order valence-corrected chi connectivity index (χ0v) is 9.38. The van der Waals surface area contributed by atoms with Crippen molar-refractivity contribution in [3.8, 4) is 0 Å². The molecule has 14 heavy (non-hydrogen) atoms. The van der Waals surface area contributed by atoms with Gasteiger partial charge in [0.1, 0.15) is 0 Å². The second kappa shape index (κ2) is 4.14. The van der Waals surface area contributed by atoms with Crippen molar-refractivity contribution < 1.29 is 5.11 Å². The third-order valence-electron chi connectivity index (χ3n) is 3.10. The first-order valence-electron chi connectivity index (χ1n) is 5.17. The van der Waals surface area contributed by atoms with Crippen LogP contribution in [-0.2, 0) is 0 Å². The van der Waals surface area contributed by atoms with Crippen LogP contribution < -0.4 is 0 Å². The van der Waals surface area contributed by atoms with Crippen molar-refractivity contribution in [3.05, 3.63) is 36.0 Å². The molecule has 0 spiro atoms. The third-order valence-corrected chi connectivity index (χ3v) is 3.10. The van der Waals surface area contributed by atoms with Gasteiger partial charge in [0.25, 0.3) is 0 Å². The largest absolute Gasteiger partial charge is 0.389 e. The van der Waals surface area contributed by atoms with Gasteiger partial charge in [-0.2, -0.15) is 0 Å². The number of aliphatic hydroxyl groups excluding tert-OH is 1. The number of aliphatic hydroxyl groups is 1. The first kappa shape index (κ1) is 11.3. The summed E-state index contributed by atoms with van der Waals surface area (Å²) in [5.41, 5.74) is 2.55. The van der Waals surface area contributed by atoms with Crippen LogP contribution in [-0.4, -0.2) is 11.2 Å². The van der Waals surface area contributed by atoms with Crippen LogP contribution in [0.15, 0.2) is 36.0 Å². The molecule has 1 unspecified atom stereocenters. The van der Waals surface area contributed by atoms with Gasteiger partial charge in [-0.05, 0) is 36.3 Å². The van der Waals surface area contributed by atoms with Crippen molar-refractivity contribution in [2.24, 2.45) is 5.41 Å². The van der Waals surface area contributed by atoms with Crippen molar-refractivity contribution >= 4 is 0 Å². The topological polar surface area (TPSA) is 20.2 Å². The van der Waals surface area contributed by atoms with Crippen LogP contribution in [0.4, 0.5) is 0 Å². The zero-order chi connectivity index (χ0) is 10.8. The smallest absolute Gasteiger partial charge is 0.0753 e. The molecule has 1 nitrogen and oxygen atoms in total. The van der Waals surface area contributed by atoms with E-state index in [1.165, 1.54) is 5.57 Å². The molecule has 1 aliphatic rings. The maximum absolute atomic E-state index is 9.76. The van der Waals surface area contributed by atoms with E-state index >= 15 is 0 Å². The van der Waals surface area contributed by atoms with Gasteiger partial charge in [-0.25, -0.2) is 0 Å². The molecule has 0 radical (unpaired) electrons. The minimum atomic E-state index is -0.257. The van der Waals surface area contributed by atoms with Gasteiger partial charge in [0.2, 0.25) is 0 Å². The lowest BCUT2D eigenvalue weighted by molar-refractivity contribution is 0.163. The zero-order valence-electron chi connectivity index (χ0n) is 9.38. The molecule has 1 heteroatoms. The number of rotatable bonds is 2. The van der Waals surface area contributed by atoms with E-state index in [-0.39, 0.29) is 11.5 Å². The van der Waals surface area contributed by atoms with Gasteiger partial charge < -0.3 is 5.11 Å². The lowest BCUT2D eigenvalue weighted by Crippen LogP contribution is -2.27. The first-order chi connectivity index (χ1) is 6.49. The molecule has 0 heterocycles. The SMILES string of the molecule is C=C/C=C/C1=C(C)C(O)CCC1(C)C. The van der Waals surface area contributed by atoms with Crippen LogP contribution in [0.5, 0.6) is 0 Å². The van der Waals surface area contributed by atoms with Crippen molar-refractivity contribution in [1.29, 1.82) is 0 Å². The van der Waals surface area contributed by atoms with E-state index in [1.54, 1.807) is 6.08 Å². The summed E-state index contributed by atoms with van der Waals surface area (Å²) in [5, 5.41) is 9.76. The van der Waals surface area contributed by atoms with E-state index < -0.39 is 0 Å².